The summed E-state index contributed by atoms with van der Waals surface area (Å²) in [5, 5.41) is 7.03. The summed E-state index contributed by atoms with van der Waals surface area (Å²) in [5.74, 6) is 0.876. The van der Waals surface area contributed by atoms with Crippen LogP contribution in [-0.2, 0) is 0 Å². The van der Waals surface area contributed by atoms with Crippen LogP contribution in [0.2, 0.25) is 0 Å². The Kier molecular flexibility index (Phi) is 5.07. The highest BCUT2D eigenvalue weighted by Crippen LogP contribution is 2.41. The molecule has 0 aliphatic heterocycles. The molecule has 2 N–H and O–H groups in total. The molecule has 2 unspecified atom stereocenters. The maximum atomic E-state index is 3.65. The normalized spacial score (nSPS) is 26.8. The number of likely N-dealkylation sites (N-methyl/N-ethyl adjacent to an activating group) is 1. The third-order valence-electron chi connectivity index (χ3n) is 3.89. The first-order chi connectivity index (χ1) is 7.06. The van der Waals surface area contributed by atoms with Gasteiger partial charge in [-0.05, 0) is 44.2 Å². The molecule has 15 heavy (non-hydrogen) atoms. The van der Waals surface area contributed by atoms with Crippen LogP contribution in [0.15, 0.2) is 0 Å². The highest BCUT2D eigenvalue weighted by Gasteiger charge is 2.33. The van der Waals surface area contributed by atoms with Crippen molar-refractivity contribution < 1.29 is 0 Å². The third-order valence-corrected chi connectivity index (χ3v) is 3.89. The molecule has 0 heterocycles. The van der Waals surface area contributed by atoms with Gasteiger partial charge < -0.3 is 10.6 Å². The van der Waals surface area contributed by atoms with Gasteiger partial charge in [-0.1, -0.05) is 27.2 Å². The molecular weight excluding hydrogens is 184 g/mol. The molecule has 1 rings (SSSR count). The molecule has 0 radical (unpaired) electrons. The van der Waals surface area contributed by atoms with E-state index in [9.17, 15) is 0 Å². The first-order valence-corrected chi connectivity index (χ1v) is 6.50. The van der Waals surface area contributed by atoms with E-state index in [4.69, 9.17) is 0 Å². The first-order valence-electron chi connectivity index (χ1n) is 6.50. The zero-order valence-electron chi connectivity index (χ0n) is 10.9. The lowest BCUT2D eigenvalue weighted by molar-refractivity contribution is 0.245. The summed E-state index contributed by atoms with van der Waals surface area (Å²) >= 11 is 0. The standard InChI is InChI=1S/C13H28N2/c1-5-14-9-11(2)15-10-12-7-6-8-13(12,3)4/h11-12,14-15H,5-10H2,1-4H3. The summed E-state index contributed by atoms with van der Waals surface area (Å²) in [6.07, 6.45) is 4.23. The van der Waals surface area contributed by atoms with Crippen molar-refractivity contribution in [1.82, 2.24) is 10.6 Å². The van der Waals surface area contributed by atoms with Crippen molar-refractivity contribution in [3.63, 3.8) is 0 Å². The van der Waals surface area contributed by atoms with E-state index in [-0.39, 0.29) is 0 Å². The average molecular weight is 212 g/mol. The summed E-state index contributed by atoms with van der Waals surface area (Å²) in [7, 11) is 0. The molecule has 1 aliphatic carbocycles. The fourth-order valence-corrected chi connectivity index (χ4v) is 2.55. The van der Waals surface area contributed by atoms with Gasteiger partial charge in [0.15, 0.2) is 0 Å². The van der Waals surface area contributed by atoms with E-state index in [2.05, 4.69) is 38.3 Å². The Morgan fingerprint density at radius 2 is 2.13 bits per heavy atom. The van der Waals surface area contributed by atoms with Gasteiger partial charge >= 0.3 is 0 Å². The van der Waals surface area contributed by atoms with Gasteiger partial charge in [-0.15, -0.1) is 0 Å². The van der Waals surface area contributed by atoms with E-state index in [1.54, 1.807) is 0 Å². The van der Waals surface area contributed by atoms with Crippen LogP contribution < -0.4 is 10.6 Å². The molecule has 0 aromatic carbocycles. The summed E-state index contributed by atoms with van der Waals surface area (Å²) in [4.78, 5) is 0. The van der Waals surface area contributed by atoms with Crippen LogP contribution in [0.25, 0.3) is 0 Å². The molecular formula is C13H28N2. The topological polar surface area (TPSA) is 24.1 Å². The zero-order chi connectivity index (χ0) is 11.3. The molecule has 0 saturated heterocycles. The molecule has 2 heteroatoms. The predicted molar refractivity (Wildman–Crippen MR) is 67.1 cm³/mol. The molecule has 0 spiro atoms. The van der Waals surface area contributed by atoms with Crippen molar-refractivity contribution in [1.29, 1.82) is 0 Å². The monoisotopic (exact) mass is 212 g/mol. The Labute approximate surface area is 95.2 Å². The highest BCUT2D eigenvalue weighted by molar-refractivity contribution is 4.86. The molecule has 1 saturated carbocycles. The van der Waals surface area contributed by atoms with Gasteiger partial charge in [-0.25, -0.2) is 0 Å². The Morgan fingerprint density at radius 3 is 2.67 bits per heavy atom. The molecule has 0 aromatic rings. The van der Waals surface area contributed by atoms with Crippen LogP contribution in [0.1, 0.15) is 47.0 Å². The van der Waals surface area contributed by atoms with Crippen molar-refractivity contribution in [2.75, 3.05) is 19.6 Å². The van der Waals surface area contributed by atoms with Gasteiger partial charge in [0, 0.05) is 12.6 Å². The highest BCUT2D eigenvalue weighted by atomic mass is 15.0. The molecule has 0 aromatic heterocycles. The van der Waals surface area contributed by atoms with Gasteiger partial charge in [-0.2, -0.15) is 0 Å². The molecule has 2 atom stereocenters. The summed E-state index contributed by atoms with van der Waals surface area (Å²) in [6, 6.07) is 0.598. The SMILES string of the molecule is CCNCC(C)NCC1CCCC1(C)C. The van der Waals surface area contributed by atoms with Gasteiger partial charge in [0.25, 0.3) is 0 Å². The minimum absolute atomic E-state index is 0.560. The van der Waals surface area contributed by atoms with Crippen LogP contribution in [0, 0.1) is 11.3 Å². The quantitative estimate of drug-likeness (QED) is 0.706. The minimum Gasteiger partial charge on any atom is -0.315 e. The second-order valence-corrected chi connectivity index (χ2v) is 5.69. The smallest absolute Gasteiger partial charge is 0.0164 e. The average Bonchev–Trinajstić information content (AvgIpc) is 2.51. The number of rotatable bonds is 6. The van der Waals surface area contributed by atoms with Crippen LogP contribution in [0.5, 0.6) is 0 Å². The largest absolute Gasteiger partial charge is 0.315 e. The molecule has 1 fully saturated rings. The van der Waals surface area contributed by atoms with Gasteiger partial charge in [-0.3, -0.25) is 0 Å². The van der Waals surface area contributed by atoms with E-state index in [1.807, 2.05) is 0 Å². The van der Waals surface area contributed by atoms with Crippen LogP contribution in [-0.4, -0.2) is 25.7 Å². The van der Waals surface area contributed by atoms with Gasteiger partial charge in [0.05, 0.1) is 0 Å². The van der Waals surface area contributed by atoms with E-state index >= 15 is 0 Å². The lowest BCUT2D eigenvalue weighted by Gasteiger charge is -2.28. The van der Waals surface area contributed by atoms with E-state index in [1.165, 1.54) is 25.8 Å². The first kappa shape index (κ1) is 13.0. The molecule has 90 valence electrons. The second kappa shape index (κ2) is 5.86. The maximum absolute atomic E-state index is 3.65. The summed E-state index contributed by atoms with van der Waals surface area (Å²) < 4.78 is 0. The van der Waals surface area contributed by atoms with Gasteiger partial charge in [0.1, 0.15) is 0 Å². The Morgan fingerprint density at radius 1 is 1.40 bits per heavy atom. The van der Waals surface area contributed by atoms with Crippen LogP contribution in [0.3, 0.4) is 0 Å². The number of nitrogens with one attached hydrogen (secondary N) is 2. The lowest BCUT2D eigenvalue weighted by Crippen LogP contribution is -2.40. The predicted octanol–water partition coefficient (Wildman–Crippen LogP) is 2.40. The Bertz CT molecular complexity index is 177. The maximum Gasteiger partial charge on any atom is 0.0164 e. The van der Waals surface area contributed by atoms with Crippen LogP contribution in [0.4, 0.5) is 0 Å². The van der Waals surface area contributed by atoms with E-state index in [0.29, 0.717) is 11.5 Å². The lowest BCUT2D eigenvalue weighted by atomic mass is 9.82. The van der Waals surface area contributed by atoms with E-state index < -0.39 is 0 Å². The molecule has 1 aliphatic rings. The van der Waals surface area contributed by atoms with Crippen molar-refractivity contribution in [3.8, 4) is 0 Å². The third kappa shape index (κ3) is 4.12. The molecule has 2 nitrogen and oxygen atoms in total. The van der Waals surface area contributed by atoms with E-state index in [0.717, 1.165) is 19.0 Å². The number of hydrogen-bond donors (Lipinski definition) is 2. The fourth-order valence-electron chi connectivity index (χ4n) is 2.55. The minimum atomic E-state index is 0.560. The van der Waals surface area contributed by atoms with Crippen molar-refractivity contribution in [2.45, 2.75) is 53.0 Å². The molecule has 0 bridgehead atoms. The summed E-state index contributed by atoms with van der Waals surface area (Å²) in [6.45, 7) is 12.6. The zero-order valence-corrected chi connectivity index (χ0v) is 10.9. The fraction of sp³-hybridized carbons (Fsp3) is 1.00. The Hall–Kier alpha value is -0.0800. The summed E-state index contributed by atoms with van der Waals surface area (Å²) in [5.41, 5.74) is 0.560. The van der Waals surface area contributed by atoms with Crippen LogP contribution >= 0.6 is 0 Å². The second-order valence-electron chi connectivity index (χ2n) is 5.69. The van der Waals surface area contributed by atoms with Crippen molar-refractivity contribution in [2.24, 2.45) is 11.3 Å². The number of hydrogen-bond acceptors (Lipinski definition) is 2. The molecule has 0 amide bonds. The van der Waals surface area contributed by atoms with Gasteiger partial charge in [0.2, 0.25) is 0 Å². The van der Waals surface area contributed by atoms with Crippen molar-refractivity contribution in [3.05, 3.63) is 0 Å². The Balaban J connectivity index is 2.19. The van der Waals surface area contributed by atoms with Crippen molar-refractivity contribution >= 4 is 0 Å².